The van der Waals surface area contributed by atoms with Crippen LogP contribution in [0.4, 0.5) is 4.79 Å². The van der Waals surface area contributed by atoms with E-state index < -0.39 is 0 Å². The lowest BCUT2D eigenvalue weighted by atomic mass is 10.2. The summed E-state index contributed by atoms with van der Waals surface area (Å²) >= 11 is 0. The zero-order valence-corrected chi connectivity index (χ0v) is 15.4. The van der Waals surface area contributed by atoms with Gasteiger partial charge < -0.3 is 19.1 Å². The summed E-state index contributed by atoms with van der Waals surface area (Å²) in [5, 5.41) is 0. The number of rotatable bonds is 9. The number of benzene rings is 1. The van der Waals surface area contributed by atoms with Crippen molar-refractivity contribution in [2.24, 2.45) is 5.92 Å². The van der Waals surface area contributed by atoms with E-state index >= 15 is 0 Å². The third-order valence-electron chi connectivity index (χ3n) is 3.96. The van der Waals surface area contributed by atoms with E-state index in [4.69, 9.17) is 14.2 Å². The monoisotopic (exact) mass is 350 g/mol. The number of ether oxygens (including phenoxy) is 3. The Bertz CT molecular complexity index is 487. The van der Waals surface area contributed by atoms with Crippen LogP contribution in [0.5, 0.6) is 5.75 Å². The van der Waals surface area contributed by atoms with Gasteiger partial charge >= 0.3 is 6.09 Å². The molecular weight excluding hydrogens is 320 g/mol. The van der Waals surface area contributed by atoms with Crippen LogP contribution in [0.2, 0.25) is 0 Å². The van der Waals surface area contributed by atoms with E-state index in [1.165, 1.54) is 0 Å². The van der Waals surface area contributed by atoms with Crippen molar-refractivity contribution in [1.29, 1.82) is 0 Å². The van der Waals surface area contributed by atoms with Crippen LogP contribution in [0.3, 0.4) is 0 Å². The molecule has 0 aliphatic carbocycles. The zero-order valence-electron chi connectivity index (χ0n) is 15.4. The standard InChI is InChI=1S/C19H30N2O4/c1-17(2)16-25-19(22)21-10-8-20(9-11-21)12-13-23-14-15-24-18-6-4-3-5-7-18/h3-7,17H,8-16H2,1-2H3. The van der Waals surface area contributed by atoms with Crippen LogP contribution in [0.15, 0.2) is 30.3 Å². The fourth-order valence-corrected chi connectivity index (χ4v) is 2.51. The highest BCUT2D eigenvalue weighted by atomic mass is 16.6. The number of piperazine rings is 1. The first-order valence-electron chi connectivity index (χ1n) is 9.05. The predicted molar refractivity (Wildman–Crippen MR) is 97.0 cm³/mol. The Labute approximate surface area is 150 Å². The van der Waals surface area contributed by atoms with Gasteiger partial charge in [-0.05, 0) is 18.1 Å². The number of amides is 1. The number of para-hydroxylation sites is 1. The lowest BCUT2D eigenvalue weighted by Crippen LogP contribution is -2.49. The average Bonchev–Trinajstić information content (AvgIpc) is 2.64. The van der Waals surface area contributed by atoms with E-state index in [1.807, 2.05) is 44.2 Å². The van der Waals surface area contributed by atoms with Crippen LogP contribution >= 0.6 is 0 Å². The maximum atomic E-state index is 11.9. The first kappa shape index (κ1) is 19.5. The highest BCUT2D eigenvalue weighted by Crippen LogP contribution is 2.08. The van der Waals surface area contributed by atoms with Gasteiger partial charge in [-0.1, -0.05) is 32.0 Å². The van der Waals surface area contributed by atoms with Crippen LogP contribution in [0, 0.1) is 5.92 Å². The maximum absolute atomic E-state index is 11.9. The van der Waals surface area contributed by atoms with Crippen LogP contribution < -0.4 is 4.74 Å². The van der Waals surface area contributed by atoms with Crippen LogP contribution in [-0.2, 0) is 9.47 Å². The summed E-state index contributed by atoms with van der Waals surface area (Å²) in [5.41, 5.74) is 0. The van der Waals surface area contributed by atoms with E-state index in [1.54, 1.807) is 4.90 Å². The smallest absolute Gasteiger partial charge is 0.409 e. The third-order valence-corrected chi connectivity index (χ3v) is 3.96. The van der Waals surface area contributed by atoms with Crippen molar-refractivity contribution in [2.75, 3.05) is 59.2 Å². The van der Waals surface area contributed by atoms with Gasteiger partial charge in [0, 0.05) is 32.7 Å². The zero-order chi connectivity index (χ0) is 17.9. The Hall–Kier alpha value is -1.79. The summed E-state index contributed by atoms with van der Waals surface area (Å²) in [7, 11) is 0. The van der Waals surface area contributed by atoms with Crippen LogP contribution in [-0.4, -0.2) is 75.0 Å². The first-order valence-corrected chi connectivity index (χ1v) is 9.05. The molecule has 25 heavy (non-hydrogen) atoms. The minimum atomic E-state index is -0.192. The molecule has 1 fully saturated rings. The Morgan fingerprint density at radius 2 is 1.76 bits per heavy atom. The molecule has 0 saturated carbocycles. The van der Waals surface area contributed by atoms with Crippen LogP contribution in [0.25, 0.3) is 0 Å². The van der Waals surface area contributed by atoms with Crippen molar-refractivity contribution >= 4 is 6.09 Å². The molecule has 0 radical (unpaired) electrons. The van der Waals surface area contributed by atoms with E-state index in [0.717, 1.165) is 25.4 Å². The third kappa shape index (κ3) is 7.75. The summed E-state index contributed by atoms with van der Waals surface area (Å²) in [6.45, 7) is 10.4. The van der Waals surface area contributed by atoms with Crippen molar-refractivity contribution in [2.45, 2.75) is 13.8 Å². The Morgan fingerprint density at radius 1 is 1.04 bits per heavy atom. The van der Waals surface area contributed by atoms with Gasteiger partial charge in [0.2, 0.25) is 0 Å². The lowest BCUT2D eigenvalue weighted by molar-refractivity contribution is 0.0494. The molecule has 6 nitrogen and oxygen atoms in total. The van der Waals surface area contributed by atoms with E-state index in [-0.39, 0.29) is 6.09 Å². The lowest BCUT2D eigenvalue weighted by Gasteiger charge is -2.34. The van der Waals surface area contributed by atoms with Gasteiger partial charge in [-0.2, -0.15) is 0 Å². The molecule has 1 aliphatic heterocycles. The molecule has 0 atom stereocenters. The molecule has 0 unspecified atom stereocenters. The second-order valence-corrected chi connectivity index (χ2v) is 6.57. The number of hydrogen-bond acceptors (Lipinski definition) is 5. The largest absolute Gasteiger partial charge is 0.491 e. The molecule has 1 aliphatic rings. The predicted octanol–water partition coefficient (Wildman–Crippen LogP) is 2.49. The van der Waals surface area contributed by atoms with Crippen molar-refractivity contribution in [1.82, 2.24) is 9.80 Å². The second kappa shape index (κ2) is 10.9. The van der Waals surface area contributed by atoms with Crippen LogP contribution in [0.1, 0.15) is 13.8 Å². The molecule has 1 aromatic rings. The molecule has 0 N–H and O–H groups in total. The van der Waals surface area contributed by atoms with E-state index in [9.17, 15) is 4.79 Å². The maximum Gasteiger partial charge on any atom is 0.409 e. The summed E-state index contributed by atoms with van der Waals surface area (Å²) in [6.07, 6.45) is -0.192. The summed E-state index contributed by atoms with van der Waals surface area (Å²) in [5.74, 6) is 1.24. The molecule has 0 spiro atoms. The highest BCUT2D eigenvalue weighted by Gasteiger charge is 2.21. The van der Waals surface area contributed by atoms with Gasteiger partial charge in [0.05, 0.1) is 19.8 Å². The Balaban J connectivity index is 1.49. The Kier molecular flexibility index (Phi) is 8.55. The van der Waals surface area contributed by atoms with Crippen molar-refractivity contribution in [3.8, 4) is 5.75 Å². The normalized spacial score (nSPS) is 15.4. The molecule has 1 aromatic carbocycles. The summed E-state index contributed by atoms with van der Waals surface area (Å²) in [6, 6.07) is 9.74. The van der Waals surface area contributed by atoms with Crippen molar-refractivity contribution in [3.05, 3.63) is 30.3 Å². The number of nitrogens with zero attached hydrogens (tertiary/aromatic N) is 2. The SMILES string of the molecule is CC(C)COC(=O)N1CCN(CCOCCOc2ccccc2)CC1. The molecule has 1 amide bonds. The fraction of sp³-hybridized carbons (Fsp3) is 0.632. The minimum absolute atomic E-state index is 0.192. The molecule has 2 rings (SSSR count). The second-order valence-electron chi connectivity index (χ2n) is 6.57. The fourth-order valence-electron chi connectivity index (χ4n) is 2.51. The number of hydrogen-bond donors (Lipinski definition) is 0. The van der Waals surface area contributed by atoms with Gasteiger partial charge in [0.25, 0.3) is 0 Å². The van der Waals surface area contributed by atoms with Gasteiger partial charge in [0.15, 0.2) is 0 Å². The van der Waals surface area contributed by atoms with Crippen molar-refractivity contribution in [3.63, 3.8) is 0 Å². The van der Waals surface area contributed by atoms with Gasteiger partial charge in [0.1, 0.15) is 12.4 Å². The number of carbonyl (C=O) groups is 1. The molecule has 140 valence electrons. The molecular formula is C19H30N2O4. The van der Waals surface area contributed by atoms with Gasteiger partial charge in [-0.25, -0.2) is 4.79 Å². The molecule has 6 heteroatoms. The van der Waals surface area contributed by atoms with Gasteiger partial charge in [-0.15, -0.1) is 0 Å². The summed E-state index contributed by atoms with van der Waals surface area (Å²) < 4.78 is 16.5. The Morgan fingerprint density at radius 3 is 2.44 bits per heavy atom. The quantitative estimate of drug-likeness (QED) is 0.641. The highest BCUT2D eigenvalue weighted by molar-refractivity contribution is 5.67. The van der Waals surface area contributed by atoms with E-state index in [2.05, 4.69) is 4.90 Å². The summed E-state index contributed by atoms with van der Waals surface area (Å²) in [4.78, 5) is 16.0. The molecule has 0 aromatic heterocycles. The topological polar surface area (TPSA) is 51.2 Å². The minimum Gasteiger partial charge on any atom is -0.491 e. The molecule has 1 saturated heterocycles. The average molecular weight is 350 g/mol. The number of carbonyl (C=O) groups excluding carboxylic acids is 1. The van der Waals surface area contributed by atoms with E-state index in [0.29, 0.717) is 45.4 Å². The molecule has 1 heterocycles. The molecule has 0 bridgehead atoms. The van der Waals surface area contributed by atoms with Crippen molar-refractivity contribution < 1.29 is 19.0 Å². The van der Waals surface area contributed by atoms with Gasteiger partial charge in [-0.3, -0.25) is 4.90 Å². The first-order chi connectivity index (χ1) is 12.1.